The third-order valence-corrected chi connectivity index (χ3v) is 4.91. The van der Waals surface area contributed by atoms with Crippen molar-refractivity contribution in [3.8, 4) is 0 Å². The second kappa shape index (κ2) is 5.83. The van der Waals surface area contributed by atoms with Gasteiger partial charge in [0, 0.05) is 24.9 Å². The molecule has 5 nitrogen and oxygen atoms in total. The molecule has 1 atom stereocenters. The van der Waals surface area contributed by atoms with Crippen LogP contribution in [0.25, 0.3) is 0 Å². The summed E-state index contributed by atoms with van der Waals surface area (Å²) in [5.74, 6) is 0.498. The molecule has 0 aromatic carbocycles. The molecule has 0 saturated heterocycles. The molecule has 0 bridgehead atoms. The van der Waals surface area contributed by atoms with Crippen molar-refractivity contribution in [3.63, 3.8) is 0 Å². The second-order valence-electron chi connectivity index (χ2n) is 6.99. The molecule has 0 aliphatic heterocycles. The summed E-state index contributed by atoms with van der Waals surface area (Å²) >= 11 is 1.44. The van der Waals surface area contributed by atoms with Crippen molar-refractivity contribution in [3.05, 3.63) is 34.8 Å². The van der Waals surface area contributed by atoms with Crippen LogP contribution in [0.3, 0.4) is 0 Å². The molecule has 1 aliphatic rings. The maximum Gasteiger partial charge on any atom is 0.263 e. The highest BCUT2D eigenvalue weighted by Gasteiger charge is 2.33. The number of hydrogen-bond acceptors (Lipinski definition) is 4. The molecule has 1 fully saturated rings. The first kappa shape index (κ1) is 15.2. The summed E-state index contributed by atoms with van der Waals surface area (Å²) in [6.45, 7) is 7.14. The lowest BCUT2D eigenvalue weighted by Crippen LogP contribution is -2.46. The topological polar surface area (TPSA) is 59.8 Å². The molecule has 2 aromatic rings. The number of carbonyl (C=O) groups excluding carboxylic acids is 1. The van der Waals surface area contributed by atoms with E-state index in [1.54, 1.807) is 18.0 Å². The Kier molecular flexibility index (Phi) is 4.04. The van der Waals surface area contributed by atoms with Crippen LogP contribution in [0.1, 0.15) is 54.9 Å². The van der Waals surface area contributed by atoms with Crippen LogP contribution in [0.5, 0.6) is 0 Å². The molecule has 3 rings (SSSR count). The number of aromatic nitrogens is 3. The van der Waals surface area contributed by atoms with Crippen molar-refractivity contribution in [2.24, 2.45) is 5.41 Å². The zero-order chi connectivity index (χ0) is 15.7. The molecule has 0 spiro atoms. The van der Waals surface area contributed by atoms with Crippen LogP contribution < -0.4 is 5.32 Å². The highest BCUT2D eigenvalue weighted by molar-refractivity contribution is 7.11. The maximum atomic E-state index is 12.7. The molecule has 2 aromatic heterocycles. The zero-order valence-corrected chi connectivity index (χ0v) is 14.1. The normalized spacial score (nSPS) is 16.5. The molecule has 1 amide bonds. The van der Waals surface area contributed by atoms with E-state index in [2.05, 4.69) is 36.1 Å². The molecule has 1 N–H and O–H groups in total. The van der Waals surface area contributed by atoms with E-state index in [-0.39, 0.29) is 17.4 Å². The zero-order valence-electron chi connectivity index (χ0n) is 13.2. The predicted octanol–water partition coefficient (Wildman–Crippen LogP) is 3.06. The summed E-state index contributed by atoms with van der Waals surface area (Å²) in [6, 6.07) is 0.0309. The Balaban J connectivity index is 1.74. The van der Waals surface area contributed by atoms with Gasteiger partial charge in [0.05, 0.1) is 23.6 Å². The third kappa shape index (κ3) is 3.38. The molecule has 1 unspecified atom stereocenters. The Labute approximate surface area is 134 Å². The van der Waals surface area contributed by atoms with Crippen LogP contribution in [-0.2, 0) is 6.54 Å². The minimum atomic E-state index is -0.0373. The number of rotatable bonds is 5. The number of thiazole rings is 1. The number of amides is 1. The minimum Gasteiger partial charge on any atom is -0.346 e. The van der Waals surface area contributed by atoms with Gasteiger partial charge in [0.25, 0.3) is 5.91 Å². The largest absolute Gasteiger partial charge is 0.346 e. The van der Waals surface area contributed by atoms with Gasteiger partial charge in [-0.2, -0.15) is 0 Å². The summed E-state index contributed by atoms with van der Waals surface area (Å²) in [7, 11) is 0. The van der Waals surface area contributed by atoms with Crippen molar-refractivity contribution in [1.29, 1.82) is 0 Å². The van der Waals surface area contributed by atoms with E-state index >= 15 is 0 Å². The Bertz CT molecular complexity index is 637. The fourth-order valence-corrected chi connectivity index (χ4v) is 3.22. The molecule has 22 heavy (non-hydrogen) atoms. The van der Waals surface area contributed by atoms with E-state index in [4.69, 9.17) is 0 Å². The molecular formula is C16H22N4OS. The Morgan fingerprint density at radius 1 is 1.50 bits per heavy atom. The van der Waals surface area contributed by atoms with Gasteiger partial charge in [0.2, 0.25) is 0 Å². The lowest BCUT2D eigenvalue weighted by atomic mass is 9.86. The molecule has 6 heteroatoms. The number of imidazole rings is 1. The van der Waals surface area contributed by atoms with Crippen LogP contribution in [0, 0.1) is 5.41 Å². The monoisotopic (exact) mass is 318 g/mol. The fourth-order valence-electron chi connectivity index (χ4n) is 2.44. The maximum absolute atomic E-state index is 12.7. The van der Waals surface area contributed by atoms with Crippen molar-refractivity contribution >= 4 is 17.2 Å². The smallest absolute Gasteiger partial charge is 0.263 e. The molecule has 0 radical (unpaired) electrons. The SMILES string of the molecule is CC(C)(C)C(Cn1ccnc1)NC(=O)c1scnc1C1CC1. The van der Waals surface area contributed by atoms with Gasteiger partial charge in [-0.1, -0.05) is 20.8 Å². The summed E-state index contributed by atoms with van der Waals surface area (Å²) in [5.41, 5.74) is 2.73. The summed E-state index contributed by atoms with van der Waals surface area (Å²) in [5, 5.41) is 3.20. The first-order chi connectivity index (χ1) is 10.4. The van der Waals surface area contributed by atoms with E-state index in [0.717, 1.165) is 23.4 Å². The van der Waals surface area contributed by atoms with Gasteiger partial charge in [-0.3, -0.25) is 4.79 Å². The van der Waals surface area contributed by atoms with E-state index in [9.17, 15) is 4.79 Å². The first-order valence-electron chi connectivity index (χ1n) is 7.65. The van der Waals surface area contributed by atoms with E-state index in [1.165, 1.54) is 11.3 Å². The molecule has 118 valence electrons. The van der Waals surface area contributed by atoms with Gasteiger partial charge in [-0.25, -0.2) is 9.97 Å². The van der Waals surface area contributed by atoms with Crippen LogP contribution in [0.2, 0.25) is 0 Å². The summed E-state index contributed by atoms with van der Waals surface area (Å²) in [4.78, 5) is 21.9. The van der Waals surface area contributed by atoms with Gasteiger partial charge in [0.15, 0.2) is 0 Å². The van der Waals surface area contributed by atoms with Crippen LogP contribution in [0.15, 0.2) is 24.2 Å². The van der Waals surface area contributed by atoms with Crippen LogP contribution in [-0.4, -0.2) is 26.5 Å². The number of carbonyl (C=O) groups is 1. The average molecular weight is 318 g/mol. The van der Waals surface area contributed by atoms with Gasteiger partial charge >= 0.3 is 0 Å². The molecular weight excluding hydrogens is 296 g/mol. The molecule has 1 aliphatic carbocycles. The van der Waals surface area contributed by atoms with Gasteiger partial charge in [-0.05, 0) is 18.3 Å². The Morgan fingerprint density at radius 3 is 2.86 bits per heavy atom. The molecule has 2 heterocycles. The number of nitrogens with one attached hydrogen (secondary N) is 1. The van der Waals surface area contributed by atoms with E-state index in [0.29, 0.717) is 12.5 Å². The fraction of sp³-hybridized carbons (Fsp3) is 0.562. The van der Waals surface area contributed by atoms with Crippen LogP contribution in [0.4, 0.5) is 0 Å². The standard InChI is InChI=1S/C16H22N4OS/c1-16(2,3)12(8-20-7-6-17-9-20)19-15(21)14-13(11-4-5-11)18-10-22-14/h6-7,9-12H,4-5,8H2,1-3H3,(H,19,21). The third-order valence-electron chi connectivity index (χ3n) is 4.07. The van der Waals surface area contributed by atoms with Crippen molar-refractivity contribution < 1.29 is 4.79 Å². The second-order valence-corrected chi connectivity index (χ2v) is 7.85. The highest BCUT2D eigenvalue weighted by atomic mass is 32.1. The predicted molar refractivity (Wildman–Crippen MR) is 87.0 cm³/mol. The Hall–Kier alpha value is -1.69. The Morgan fingerprint density at radius 2 is 2.27 bits per heavy atom. The average Bonchev–Trinajstić information content (AvgIpc) is 2.97. The van der Waals surface area contributed by atoms with E-state index < -0.39 is 0 Å². The first-order valence-corrected chi connectivity index (χ1v) is 8.53. The van der Waals surface area contributed by atoms with Crippen molar-refractivity contribution in [2.45, 2.75) is 52.1 Å². The highest BCUT2D eigenvalue weighted by Crippen LogP contribution is 2.41. The summed E-state index contributed by atoms with van der Waals surface area (Å²) < 4.78 is 2.00. The van der Waals surface area contributed by atoms with Gasteiger partial charge in [0.1, 0.15) is 4.88 Å². The number of hydrogen-bond donors (Lipinski definition) is 1. The summed E-state index contributed by atoms with van der Waals surface area (Å²) in [6.07, 6.45) is 7.78. The quantitative estimate of drug-likeness (QED) is 0.921. The van der Waals surface area contributed by atoms with Crippen LogP contribution >= 0.6 is 11.3 Å². The van der Waals surface area contributed by atoms with Gasteiger partial charge in [-0.15, -0.1) is 11.3 Å². The van der Waals surface area contributed by atoms with Gasteiger partial charge < -0.3 is 9.88 Å². The van der Waals surface area contributed by atoms with Crippen molar-refractivity contribution in [2.75, 3.05) is 0 Å². The number of nitrogens with zero attached hydrogens (tertiary/aromatic N) is 3. The minimum absolute atomic E-state index is 0.00411. The lowest BCUT2D eigenvalue weighted by Gasteiger charge is -2.31. The van der Waals surface area contributed by atoms with E-state index in [1.807, 2.05) is 10.8 Å². The molecule has 1 saturated carbocycles. The van der Waals surface area contributed by atoms with Crippen molar-refractivity contribution in [1.82, 2.24) is 19.9 Å². The lowest BCUT2D eigenvalue weighted by molar-refractivity contribution is 0.0895.